The molecule has 1 aliphatic rings. The van der Waals surface area contributed by atoms with Crippen LogP contribution < -0.4 is 4.74 Å². The Labute approximate surface area is 236 Å². The lowest BCUT2D eigenvalue weighted by Crippen LogP contribution is -2.25. The fourth-order valence-electron chi connectivity index (χ4n) is 4.84. The molecule has 1 atom stereocenters. The van der Waals surface area contributed by atoms with E-state index in [-0.39, 0.29) is 10.8 Å². The van der Waals surface area contributed by atoms with Crippen LogP contribution in [0.4, 0.5) is 13.2 Å². The van der Waals surface area contributed by atoms with Crippen molar-refractivity contribution >= 4 is 50.9 Å². The number of pyridine rings is 1. The number of nitrogens with one attached hydrogen (secondary N) is 1. The third-order valence-corrected chi connectivity index (χ3v) is 7.78. The molecule has 0 spiro atoms. The quantitative estimate of drug-likeness (QED) is 0.237. The molecular formula is C29H21F3N6O2S. The normalized spacial score (nSPS) is 16.0. The second kappa shape index (κ2) is 10.0. The number of carbonyl (C=O) groups is 1. The number of aromatic nitrogens is 3. The molecule has 0 aliphatic carbocycles. The number of hydrogen-bond acceptors (Lipinski definition) is 7. The van der Waals surface area contributed by atoms with Gasteiger partial charge in [0.25, 0.3) is 5.91 Å². The van der Waals surface area contributed by atoms with Gasteiger partial charge in [-0.3, -0.25) is 14.8 Å². The van der Waals surface area contributed by atoms with Gasteiger partial charge in [0.2, 0.25) is 0 Å². The standard InChI is InChI=1S/C29H21F3N6O2S/c1-16-4-3-5-17(2)24(16)28-38(27(39)26(33)41-28)35-14-18-6-11-21-22(36-18)12-13-23-25(21)34-15-37(23)19-7-9-20(10-8-19)40-29(30,31)32/h3-15,28,33H,1-2H3/b33-26?,35-14-. The lowest BCUT2D eigenvalue weighted by atomic mass is 10.0. The van der Waals surface area contributed by atoms with E-state index in [0.717, 1.165) is 39.4 Å². The predicted molar refractivity (Wildman–Crippen MR) is 151 cm³/mol. The Morgan fingerprint density at radius 3 is 2.46 bits per heavy atom. The van der Waals surface area contributed by atoms with Gasteiger partial charge in [-0.05, 0) is 79.1 Å². The number of hydrazone groups is 1. The van der Waals surface area contributed by atoms with Gasteiger partial charge in [0.05, 0.1) is 28.5 Å². The molecule has 2 aromatic heterocycles. The van der Waals surface area contributed by atoms with Gasteiger partial charge in [0.15, 0.2) is 5.04 Å². The molecule has 0 radical (unpaired) electrons. The van der Waals surface area contributed by atoms with E-state index in [1.54, 1.807) is 17.0 Å². The van der Waals surface area contributed by atoms with Crippen LogP contribution in [-0.4, -0.2) is 43.1 Å². The molecule has 3 heterocycles. The van der Waals surface area contributed by atoms with E-state index >= 15 is 0 Å². The maximum atomic E-state index is 12.8. The molecular weight excluding hydrogens is 553 g/mol. The van der Waals surface area contributed by atoms with Crippen LogP contribution >= 0.6 is 11.8 Å². The molecule has 1 fully saturated rings. The van der Waals surface area contributed by atoms with Crippen LogP contribution in [0.15, 0.2) is 78.2 Å². The molecule has 1 N–H and O–H groups in total. The fraction of sp³-hybridized carbons (Fsp3) is 0.138. The van der Waals surface area contributed by atoms with Crippen LogP contribution in [-0.2, 0) is 4.79 Å². The van der Waals surface area contributed by atoms with Gasteiger partial charge in [-0.2, -0.15) is 5.10 Å². The van der Waals surface area contributed by atoms with Gasteiger partial charge in [0.1, 0.15) is 17.5 Å². The van der Waals surface area contributed by atoms with E-state index in [1.807, 2.05) is 50.2 Å². The summed E-state index contributed by atoms with van der Waals surface area (Å²) in [6.45, 7) is 3.95. The molecule has 1 amide bonds. The summed E-state index contributed by atoms with van der Waals surface area (Å²) < 4.78 is 43.2. The maximum Gasteiger partial charge on any atom is 0.573 e. The molecule has 3 aromatic carbocycles. The summed E-state index contributed by atoms with van der Waals surface area (Å²) in [4.78, 5) is 22.0. The highest BCUT2D eigenvalue weighted by Crippen LogP contribution is 2.42. The lowest BCUT2D eigenvalue weighted by Gasteiger charge is -2.21. The summed E-state index contributed by atoms with van der Waals surface area (Å²) in [6.07, 6.45) is -1.66. The molecule has 6 rings (SSSR count). The van der Waals surface area contributed by atoms with Crippen LogP contribution in [0.1, 0.15) is 27.8 Å². The van der Waals surface area contributed by atoms with Crippen LogP contribution in [0, 0.1) is 19.3 Å². The van der Waals surface area contributed by atoms with Crippen molar-refractivity contribution in [1.82, 2.24) is 19.5 Å². The van der Waals surface area contributed by atoms with Gasteiger partial charge < -0.3 is 4.74 Å². The zero-order valence-electron chi connectivity index (χ0n) is 21.7. The monoisotopic (exact) mass is 574 g/mol. The van der Waals surface area contributed by atoms with E-state index < -0.39 is 17.6 Å². The Bertz CT molecular complexity index is 1850. The largest absolute Gasteiger partial charge is 0.573 e. The number of alkyl halides is 3. The third-order valence-electron chi connectivity index (χ3n) is 6.71. The smallest absolute Gasteiger partial charge is 0.406 e. The Morgan fingerprint density at radius 1 is 1.02 bits per heavy atom. The number of hydrogen-bond donors (Lipinski definition) is 1. The first kappa shape index (κ1) is 26.5. The minimum Gasteiger partial charge on any atom is -0.406 e. The SMILES string of the molecule is Cc1cccc(C)c1C1SC(=N)C(=O)N1/N=C\c1ccc2c(ccc3c2ncn3-c2ccc(OC(F)(F)F)cc2)n1. The van der Waals surface area contributed by atoms with Gasteiger partial charge >= 0.3 is 6.36 Å². The predicted octanol–water partition coefficient (Wildman–Crippen LogP) is 6.67. The number of thioether (sulfide) groups is 1. The molecule has 206 valence electrons. The Hall–Kier alpha value is -4.71. The van der Waals surface area contributed by atoms with E-state index in [9.17, 15) is 18.0 Å². The maximum absolute atomic E-state index is 12.8. The number of amides is 1. The van der Waals surface area contributed by atoms with Crippen LogP contribution in [0.5, 0.6) is 5.75 Å². The van der Waals surface area contributed by atoms with Crippen LogP contribution in [0.2, 0.25) is 0 Å². The minimum atomic E-state index is -4.76. The fourth-order valence-corrected chi connectivity index (χ4v) is 6.00. The van der Waals surface area contributed by atoms with Crippen LogP contribution in [0.3, 0.4) is 0 Å². The number of benzene rings is 3. The second-order valence-corrected chi connectivity index (χ2v) is 10.5. The van der Waals surface area contributed by atoms with Crippen molar-refractivity contribution in [3.05, 3.63) is 95.4 Å². The number of nitrogens with zero attached hydrogens (tertiary/aromatic N) is 5. The molecule has 1 aliphatic heterocycles. The summed E-state index contributed by atoms with van der Waals surface area (Å²) in [5, 5.41) is 14.1. The molecule has 0 bridgehead atoms. The number of ether oxygens (including phenoxy) is 1. The van der Waals surface area contributed by atoms with Gasteiger partial charge in [-0.25, -0.2) is 15.0 Å². The minimum absolute atomic E-state index is 0.0678. The molecule has 1 saturated heterocycles. The Kier molecular flexibility index (Phi) is 6.49. The molecule has 0 saturated carbocycles. The molecule has 12 heteroatoms. The van der Waals surface area contributed by atoms with Crippen molar-refractivity contribution < 1.29 is 22.7 Å². The van der Waals surface area contributed by atoms with Gasteiger partial charge in [0, 0.05) is 11.1 Å². The first-order valence-corrected chi connectivity index (χ1v) is 13.3. The van der Waals surface area contributed by atoms with Crippen molar-refractivity contribution in [2.75, 3.05) is 0 Å². The van der Waals surface area contributed by atoms with Gasteiger partial charge in [-0.15, -0.1) is 13.2 Å². The summed E-state index contributed by atoms with van der Waals surface area (Å²) in [5.41, 5.74) is 6.21. The first-order valence-electron chi connectivity index (χ1n) is 12.4. The number of fused-ring (bicyclic) bond motifs is 3. The highest BCUT2D eigenvalue weighted by Gasteiger charge is 2.39. The zero-order valence-corrected chi connectivity index (χ0v) is 22.5. The van der Waals surface area contributed by atoms with Crippen molar-refractivity contribution in [3.63, 3.8) is 0 Å². The highest BCUT2D eigenvalue weighted by molar-refractivity contribution is 8.16. The average molecular weight is 575 g/mol. The van der Waals surface area contributed by atoms with Crippen molar-refractivity contribution in [2.45, 2.75) is 25.6 Å². The number of imidazole rings is 1. The van der Waals surface area contributed by atoms with E-state index in [4.69, 9.17) is 5.41 Å². The highest BCUT2D eigenvalue weighted by atomic mass is 32.2. The molecule has 1 unspecified atom stereocenters. The summed E-state index contributed by atoms with van der Waals surface area (Å²) in [5.74, 6) is -0.772. The molecule has 5 aromatic rings. The molecule has 41 heavy (non-hydrogen) atoms. The first-order chi connectivity index (χ1) is 19.6. The number of halogens is 3. The second-order valence-electron chi connectivity index (χ2n) is 9.39. The zero-order chi connectivity index (χ0) is 28.9. The van der Waals surface area contributed by atoms with Gasteiger partial charge in [-0.1, -0.05) is 30.0 Å². The number of rotatable bonds is 5. The summed E-state index contributed by atoms with van der Waals surface area (Å²) in [7, 11) is 0. The summed E-state index contributed by atoms with van der Waals surface area (Å²) in [6, 6.07) is 18.7. The van der Waals surface area contributed by atoms with E-state index in [0.29, 0.717) is 22.4 Å². The topological polar surface area (TPSA) is 96.5 Å². The molecule has 8 nitrogen and oxygen atoms in total. The number of carbonyl (C=O) groups excluding carboxylic acids is 1. The average Bonchev–Trinajstić information content (AvgIpc) is 3.48. The van der Waals surface area contributed by atoms with Crippen molar-refractivity contribution in [3.8, 4) is 11.4 Å². The summed E-state index contributed by atoms with van der Waals surface area (Å²) >= 11 is 1.16. The van der Waals surface area contributed by atoms with E-state index in [1.165, 1.54) is 35.5 Å². The van der Waals surface area contributed by atoms with Crippen molar-refractivity contribution in [2.24, 2.45) is 5.10 Å². The number of aryl methyl sites for hydroxylation is 2. The lowest BCUT2D eigenvalue weighted by molar-refractivity contribution is -0.274. The van der Waals surface area contributed by atoms with E-state index in [2.05, 4.69) is 19.8 Å². The van der Waals surface area contributed by atoms with Crippen LogP contribution in [0.25, 0.3) is 27.6 Å². The third kappa shape index (κ3) is 5.02. The Balaban J connectivity index is 1.29. The Morgan fingerprint density at radius 2 is 1.76 bits per heavy atom. The van der Waals surface area contributed by atoms with Crippen molar-refractivity contribution in [1.29, 1.82) is 5.41 Å².